The van der Waals surface area contributed by atoms with E-state index in [0.29, 0.717) is 17.1 Å². The first-order valence-electron chi connectivity index (χ1n) is 9.22. The summed E-state index contributed by atoms with van der Waals surface area (Å²) in [5, 5.41) is 2.19. The molecule has 1 aromatic heterocycles. The van der Waals surface area contributed by atoms with Crippen molar-refractivity contribution in [1.82, 2.24) is 9.99 Å². The number of rotatable bonds is 3. The number of carbonyl (C=O) groups excluding carboxylic acids is 1. The Hall–Kier alpha value is -1.28. The molecule has 2 bridgehead atoms. The number of nitrogens with two attached hydrogens (primary N) is 1. The van der Waals surface area contributed by atoms with E-state index in [1.165, 1.54) is 36.2 Å². The zero-order valence-electron chi connectivity index (χ0n) is 14.6. The van der Waals surface area contributed by atoms with Crippen LogP contribution < -0.4 is 16.1 Å². The highest BCUT2D eigenvalue weighted by molar-refractivity contribution is 8.00. The van der Waals surface area contributed by atoms with Gasteiger partial charge >= 0.3 is 4.87 Å². The Morgan fingerprint density at radius 2 is 2.00 bits per heavy atom. The smallest absolute Gasteiger partial charge is 0.293 e. The highest BCUT2D eigenvalue weighted by Gasteiger charge is 2.55. The molecule has 27 heavy (non-hydrogen) atoms. The van der Waals surface area contributed by atoms with E-state index in [1.54, 1.807) is 4.57 Å². The van der Waals surface area contributed by atoms with Gasteiger partial charge in [0.2, 0.25) is 0 Å². The maximum absolute atomic E-state index is 12.7. The number of thioether (sulfide) groups is 1. The van der Waals surface area contributed by atoms with E-state index in [2.05, 4.69) is 17.6 Å². The monoisotopic (exact) mass is 421 g/mol. The quantitative estimate of drug-likeness (QED) is 0.453. The van der Waals surface area contributed by atoms with Gasteiger partial charge in [-0.15, -0.1) is 11.8 Å². The van der Waals surface area contributed by atoms with E-state index in [4.69, 9.17) is 17.4 Å². The Balaban J connectivity index is 1.65. The van der Waals surface area contributed by atoms with Gasteiger partial charge in [0, 0.05) is 21.1 Å². The predicted molar refractivity (Wildman–Crippen MR) is 108 cm³/mol. The standard InChI is InChI=1S/C19H20ClN3O2S2/c20-12-5-3-9(4-6-12)14-15-10-1-2-11(7-10)16(15)26-18-17(14)27-19(25)23(18)8-13(24)22-21/h3-6,10-11,14-16H,1-2,7-8,21H2,(H,22,24). The number of benzene rings is 1. The van der Waals surface area contributed by atoms with Crippen LogP contribution in [0.1, 0.15) is 35.6 Å². The maximum Gasteiger partial charge on any atom is 0.308 e. The molecule has 2 aliphatic carbocycles. The number of hydrogen-bond acceptors (Lipinski definition) is 5. The van der Waals surface area contributed by atoms with Crippen molar-refractivity contribution >= 4 is 40.6 Å². The average Bonchev–Trinajstić information content (AvgIpc) is 3.35. The average molecular weight is 422 g/mol. The van der Waals surface area contributed by atoms with Crippen molar-refractivity contribution in [2.45, 2.75) is 42.0 Å². The lowest BCUT2D eigenvalue weighted by molar-refractivity contribution is -0.121. The Bertz CT molecular complexity index is 955. The summed E-state index contributed by atoms with van der Waals surface area (Å²) in [5.41, 5.74) is 3.36. The fourth-order valence-corrected chi connectivity index (χ4v) is 8.60. The molecule has 1 aliphatic heterocycles. The van der Waals surface area contributed by atoms with Crippen LogP contribution in [-0.4, -0.2) is 15.7 Å². The van der Waals surface area contributed by atoms with Crippen molar-refractivity contribution in [3.63, 3.8) is 0 Å². The normalized spacial score (nSPS) is 30.8. The number of thiazole rings is 1. The van der Waals surface area contributed by atoms with Gasteiger partial charge in [0.1, 0.15) is 6.54 Å². The van der Waals surface area contributed by atoms with Crippen molar-refractivity contribution in [2.24, 2.45) is 23.6 Å². The minimum atomic E-state index is -0.351. The Kier molecular flexibility index (Phi) is 4.39. The summed E-state index contributed by atoms with van der Waals surface area (Å²) < 4.78 is 1.61. The van der Waals surface area contributed by atoms with E-state index in [1.807, 2.05) is 23.9 Å². The first-order valence-corrected chi connectivity index (χ1v) is 11.3. The van der Waals surface area contributed by atoms with Gasteiger partial charge in [0.15, 0.2) is 0 Å². The van der Waals surface area contributed by atoms with Crippen LogP contribution in [0, 0.1) is 17.8 Å². The molecule has 2 heterocycles. The summed E-state index contributed by atoms with van der Waals surface area (Å²) in [6, 6.07) is 8.05. The van der Waals surface area contributed by atoms with Crippen molar-refractivity contribution < 1.29 is 4.79 Å². The van der Waals surface area contributed by atoms with Crippen LogP contribution in [0.3, 0.4) is 0 Å². The molecule has 1 aromatic carbocycles. The lowest BCUT2D eigenvalue weighted by atomic mass is 9.75. The van der Waals surface area contributed by atoms with Crippen molar-refractivity contribution in [1.29, 1.82) is 0 Å². The SMILES string of the molecule is NNC(=O)Cn1c2c(sc1=O)C(c1ccc(Cl)cc1)C1C3CCC(C3)C1S2. The van der Waals surface area contributed by atoms with E-state index in [9.17, 15) is 9.59 Å². The Morgan fingerprint density at radius 3 is 2.74 bits per heavy atom. The van der Waals surface area contributed by atoms with Gasteiger partial charge < -0.3 is 0 Å². The minimum absolute atomic E-state index is 0.0208. The number of hydrogen-bond donors (Lipinski definition) is 2. The van der Waals surface area contributed by atoms with Crippen molar-refractivity contribution in [3.8, 4) is 0 Å². The molecule has 3 N–H and O–H groups in total. The molecule has 1 amide bonds. The first-order chi connectivity index (χ1) is 13.1. The number of hydrazine groups is 1. The van der Waals surface area contributed by atoms with Crippen LogP contribution in [0.5, 0.6) is 0 Å². The summed E-state index contributed by atoms with van der Waals surface area (Å²) in [6.07, 6.45) is 3.85. The predicted octanol–water partition coefficient (Wildman–Crippen LogP) is 3.21. The van der Waals surface area contributed by atoms with Crippen LogP contribution in [0.25, 0.3) is 0 Å². The lowest BCUT2D eigenvalue weighted by Crippen LogP contribution is -2.37. The molecule has 2 fully saturated rings. The van der Waals surface area contributed by atoms with Crippen LogP contribution >= 0.6 is 34.7 Å². The third-order valence-electron chi connectivity index (χ3n) is 6.38. The molecule has 0 saturated heterocycles. The molecular formula is C19H20ClN3O2S2. The molecule has 5 unspecified atom stereocenters. The summed E-state index contributed by atoms with van der Waals surface area (Å²) in [6.45, 7) is -0.0208. The summed E-state index contributed by atoms with van der Waals surface area (Å²) in [5.74, 6) is 7.09. The highest BCUT2D eigenvalue weighted by Crippen LogP contribution is 2.63. The fourth-order valence-electron chi connectivity index (χ4n) is 5.32. The molecule has 5 nitrogen and oxygen atoms in total. The van der Waals surface area contributed by atoms with Crippen LogP contribution in [-0.2, 0) is 11.3 Å². The molecule has 142 valence electrons. The largest absolute Gasteiger partial charge is 0.308 e. The molecule has 3 aliphatic rings. The van der Waals surface area contributed by atoms with Gasteiger partial charge in [-0.2, -0.15) is 0 Å². The molecule has 0 spiro atoms. The topological polar surface area (TPSA) is 77.1 Å². The van der Waals surface area contributed by atoms with Crippen LogP contribution in [0.15, 0.2) is 34.1 Å². The van der Waals surface area contributed by atoms with Crippen LogP contribution in [0.4, 0.5) is 0 Å². The van der Waals surface area contributed by atoms with Gasteiger partial charge in [-0.25, -0.2) is 5.84 Å². The van der Waals surface area contributed by atoms with Crippen molar-refractivity contribution in [2.75, 3.05) is 0 Å². The second-order valence-corrected chi connectivity index (χ2v) is 10.3. The molecule has 2 aromatic rings. The number of fused-ring (bicyclic) bond motifs is 6. The second kappa shape index (κ2) is 6.65. The van der Waals surface area contributed by atoms with E-state index < -0.39 is 0 Å². The fraction of sp³-hybridized carbons (Fsp3) is 0.474. The molecule has 2 saturated carbocycles. The maximum atomic E-state index is 12.7. The minimum Gasteiger partial charge on any atom is -0.293 e. The first kappa shape index (κ1) is 17.8. The number of aromatic nitrogens is 1. The number of halogens is 1. The third kappa shape index (κ3) is 2.78. The summed E-state index contributed by atoms with van der Waals surface area (Å²) >= 11 is 9.22. The number of carbonyl (C=O) groups is 1. The number of nitrogens with one attached hydrogen (secondary N) is 1. The number of amides is 1. The van der Waals surface area contributed by atoms with Gasteiger partial charge in [0.05, 0.1) is 5.03 Å². The summed E-state index contributed by atoms with van der Waals surface area (Å²) in [4.78, 5) is 25.6. The number of nitrogens with zero attached hydrogens (tertiary/aromatic N) is 1. The second-order valence-electron chi connectivity index (χ2n) is 7.71. The van der Waals surface area contributed by atoms with E-state index >= 15 is 0 Å². The Labute approximate surface area is 170 Å². The van der Waals surface area contributed by atoms with Gasteiger partial charge in [-0.3, -0.25) is 19.6 Å². The van der Waals surface area contributed by atoms with E-state index in [0.717, 1.165) is 20.8 Å². The van der Waals surface area contributed by atoms with Gasteiger partial charge in [-0.05, 0) is 54.7 Å². The zero-order valence-corrected chi connectivity index (χ0v) is 16.9. The zero-order chi connectivity index (χ0) is 18.7. The molecule has 0 radical (unpaired) electrons. The lowest BCUT2D eigenvalue weighted by Gasteiger charge is -2.40. The van der Waals surface area contributed by atoms with Crippen LogP contribution in [0.2, 0.25) is 5.02 Å². The van der Waals surface area contributed by atoms with E-state index in [-0.39, 0.29) is 23.2 Å². The van der Waals surface area contributed by atoms with Gasteiger partial charge in [0.25, 0.3) is 5.91 Å². The van der Waals surface area contributed by atoms with Gasteiger partial charge in [-0.1, -0.05) is 35.1 Å². The van der Waals surface area contributed by atoms with Crippen molar-refractivity contribution in [3.05, 3.63) is 49.4 Å². The molecule has 5 rings (SSSR count). The molecule has 8 heteroatoms. The Morgan fingerprint density at radius 1 is 1.26 bits per heavy atom. The third-order valence-corrected chi connectivity index (χ3v) is 9.46. The summed E-state index contributed by atoms with van der Waals surface area (Å²) in [7, 11) is 0. The molecule has 5 atom stereocenters. The molecular weight excluding hydrogens is 402 g/mol. The highest BCUT2D eigenvalue weighted by atomic mass is 35.5.